The van der Waals surface area contributed by atoms with E-state index in [1.54, 1.807) is 42.5 Å². The van der Waals surface area contributed by atoms with Crippen molar-refractivity contribution in [3.8, 4) is 0 Å². The van der Waals surface area contributed by atoms with Crippen LogP contribution in [0.2, 0.25) is 0 Å². The van der Waals surface area contributed by atoms with E-state index < -0.39 is 0 Å². The molecule has 3 aromatic rings. The monoisotopic (exact) mass is 406 g/mol. The maximum Gasteiger partial charge on any atom is 0.253 e. The summed E-state index contributed by atoms with van der Waals surface area (Å²) in [5.41, 5.74) is 1.34. The Bertz CT molecular complexity index is 1010. The van der Waals surface area contributed by atoms with Gasteiger partial charge in [-0.05, 0) is 37.1 Å². The molecule has 0 radical (unpaired) electrons. The van der Waals surface area contributed by atoms with Gasteiger partial charge in [0.05, 0.1) is 17.9 Å². The second kappa shape index (κ2) is 8.81. The Labute approximate surface area is 173 Å². The lowest BCUT2D eigenvalue weighted by Gasteiger charge is -2.37. The largest absolute Gasteiger partial charge is 0.348 e. The van der Waals surface area contributed by atoms with Gasteiger partial charge < -0.3 is 14.7 Å². The van der Waals surface area contributed by atoms with E-state index in [0.29, 0.717) is 36.8 Å². The van der Waals surface area contributed by atoms with Gasteiger partial charge in [0, 0.05) is 43.9 Å². The molecule has 4 rings (SSSR count). The van der Waals surface area contributed by atoms with Crippen LogP contribution in [0.4, 0.5) is 0 Å². The zero-order chi connectivity index (χ0) is 20.9. The first-order chi connectivity index (χ1) is 14.6. The second-order valence-corrected chi connectivity index (χ2v) is 7.27. The number of likely N-dealkylation sites (tertiary alicyclic amines) is 1. The molecule has 2 unspecified atom stereocenters. The third-order valence-corrected chi connectivity index (χ3v) is 5.14. The average molecular weight is 406 g/mol. The molecule has 0 aromatic carbocycles. The van der Waals surface area contributed by atoms with Crippen molar-refractivity contribution in [1.29, 1.82) is 0 Å². The molecule has 1 aliphatic rings. The minimum absolute atomic E-state index is 0.00118. The quantitative estimate of drug-likeness (QED) is 0.683. The van der Waals surface area contributed by atoms with Crippen LogP contribution >= 0.6 is 0 Å². The number of pyridine rings is 2. The lowest BCUT2D eigenvalue weighted by Crippen LogP contribution is -2.51. The molecular formula is C21H22N6O3. The zero-order valence-corrected chi connectivity index (χ0v) is 16.6. The van der Waals surface area contributed by atoms with E-state index in [0.717, 1.165) is 5.56 Å². The Morgan fingerprint density at radius 2 is 2.00 bits per heavy atom. The maximum atomic E-state index is 12.8. The first-order valence-corrected chi connectivity index (χ1v) is 9.78. The number of aryl methyl sites for hydroxylation is 1. The van der Waals surface area contributed by atoms with E-state index in [-0.39, 0.29) is 30.2 Å². The van der Waals surface area contributed by atoms with Crippen LogP contribution in [0.5, 0.6) is 0 Å². The number of rotatable bonds is 5. The molecule has 4 heterocycles. The number of aromatic nitrogens is 4. The highest BCUT2D eigenvalue weighted by Crippen LogP contribution is 2.27. The maximum absolute atomic E-state index is 12.8. The van der Waals surface area contributed by atoms with E-state index in [2.05, 4.69) is 25.4 Å². The van der Waals surface area contributed by atoms with Crippen LogP contribution in [0.1, 0.15) is 40.0 Å². The van der Waals surface area contributed by atoms with Crippen LogP contribution in [0, 0.1) is 6.92 Å². The number of hydrogen-bond acceptors (Lipinski definition) is 7. The smallest absolute Gasteiger partial charge is 0.253 e. The number of hydrogen-bond donors (Lipinski definition) is 1. The molecule has 9 nitrogen and oxygen atoms in total. The molecule has 0 saturated carbocycles. The van der Waals surface area contributed by atoms with Crippen molar-refractivity contribution in [3.63, 3.8) is 0 Å². The highest BCUT2D eigenvalue weighted by Gasteiger charge is 2.36. The van der Waals surface area contributed by atoms with Crippen LogP contribution in [-0.2, 0) is 11.2 Å². The molecule has 1 aliphatic heterocycles. The number of carbonyl (C=O) groups excluding carboxylic acids is 2. The summed E-state index contributed by atoms with van der Waals surface area (Å²) in [7, 11) is 0. The normalized spacial score (nSPS) is 18.8. The predicted molar refractivity (Wildman–Crippen MR) is 106 cm³/mol. The van der Waals surface area contributed by atoms with Gasteiger partial charge >= 0.3 is 0 Å². The Kier molecular flexibility index (Phi) is 5.78. The fraction of sp³-hybridized carbons (Fsp3) is 0.333. The summed E-state index contributed by atoms with van der Waals surface area (Å²) in [4.78, 5) is 39.7. The van der Waals surface area contributed by atoms with Crippen LogP contribution in [0.15, 0.2) is 53.6 Å². The van der Waals surface area contributed by atoms with Crippen molar-refractivity contribution in [2.45, 2.75) is 31.7 Å². The van der Waals surface area contributed by atoms with Crippen molar-refractivity contribution in [1.82, 2.24) is 30.3 Å². The minimum atomic E-state index is -0.293. The molecule has 0 spiro atoms. The molecule has 30 heavy (non-hydrogen) atoms. The molecule has 2 atom stereocenters. The van der Waals surface area contributed by atoms with Gasteiger partial charge in [0.1, 0.15) is 0 Å². The van der Waals surface area contributed by atoms with Gasteiger partial charge in [-0.25, -0.2) is 0 Å². The summed E-state index contributed by atoms with van der Waals surface area (Å²) in [6.45, 7) is 2.66. The lowest BCUT2D eigenvalue weighted by molar-refractivity contribution is -0.132. The SMILES string of the molecule is Cc1noc(C2CN(C(=O)Cc3cccnc3)CCC2NC(=O)c2cccnc2)n1. The van der Waals surface area contributed by atoms with Crippen LogP contribution in [0.25, 0.3) is 0 Å². The zero-order valence-electron chi connectivity index (χ0n) is 16.6. The average Bonchev–Trinajstić information content (AvgIpc) is 3.21. The van der Waals surface area contributed by atoms with Gasteiger partial charge in [0.25, 0.3) is 5.91 Å². The van der Waals surface area contributed by atoms with E-state index >= 15 is 0 Å². The van der Waals surface area contributed by atoms with E-state index in [1.807, 2.05) is 12.1 Å². The summed E-state index contributed by atoms with van der Waals surface area (Å²) in [6.07, 6.45) is 7.36. The Morgan fingerprint density at radius 1 is 1.20 bits per heavy atom. The summed E-state index contributed by atoms with van der Waals surface area (Å²) >= 11 is 0. The number of piperidine rings is 1. The topological polar surface area (TPSA) is 114 Å². The Morgan fingerprint density at radius 3 is 2.67 bits per heavy atom. The number of amides is 2. The summed E-state index contributed by atoms with van der Waals surface area (Å²) in [5.74, 6) is 0.424. The Balaban J connectivity index is 1.49. The van der Waals surface area contributed by atoms with Crippen molar-refractivity contribution < 1.29 is 14.1 Å². The van der Waals surface area contributed by atoms with Crippen molar-refractivity contribution in [2.24, 2.45) is 0 Å². The van der Waals surface area contributed by atoms with Crippen molar-refractivity contribution >= 4 is 11.8 Å². The fourth-order valence-corrected chi connectivity index (χ4v) is 3.60. The number of carbonyl (C=O) groups is 2. The number of nitrogens with zero attached hydrogens (tertiary/aromatic N) is 5. The molecular weight excluding hydrogens is 384 g/mol. The van der Waals surface area contributed by atoms with Crippen LogP contribution in [0.3, 0.4) is 0 Å². The summed E-state index contributed by atoms with van der Waals surface area (Å²) in [5, 5.41) is 6.93. The third kappa shape index (κ3) is 4.51. The first-order valence-electron chi connectivity index (χ1n) is 9.78. The number of nitrogens with one attached hydrogen (secondary N) is 1. The molecule has 1 saturated heterocycles. The van der Waals surface area contributed by atoms with E-state index in [4.69, 9.17) is 4.52 Å². The molecule has 0 aliphatic carbocycles. The first kappa shape index (κ1) is 19.7. The molecule has 2 amide bonds. The second-order valence-electron chi connectivity index (χ2n) is 7.27. The van der Waals surface area contributed by atoms with Crippen LogP contribution < -0.4 is 5.32 Å². The van der Waals surface area contributed by atoms with Crippen LogP contribution in [-0.4, -0.2) is 56.0 Å². The standard InChI is InChI=1S/C21H22N6O3/c1-14-24-21(30-26-14)17-13-27(19(28)10-15-4-2-7-22-11-15)9-6-18(17)25-20(29)16-5-3-8-23-12-16/h2-5,7-8,11-12,17-18H,6,9-10,13H2,1H3,(H,25,29). The molecule has 1 fully saturated rings. The summed E-state index contributed by atoms with van der Waals surface area (Å²) in [6, 6.07) is 6.88. The van der Waals surface area contributed by atoms with Crippen molar-refractivity contribution in [2.75, 3.05) is 13.1 Å². The van der Waals surface area contributed by atoms with Gasteiger partial charge in [-0.2, -0.15) is 4.98 Å². The van der Waals surface area contributed by atoms with Gasteiger partial charge in [-0.15, -0.1) is 0 Å². The molecule has 1 N–H and O–H groups in total. The minimum Gasteiger partial charge on any atom is -0.348 e. The van der Waals surface area contributed by atoms with Gasteiger partial charge in [-0.3, -0.25) is 19.6 Å². The van der Waals surface area contributed by atoms with Gasteiger partial charge in [0.2, 0.25) is 11.8 Å². The fourth-order valence-electron chi connectivity index (χ4n) is 3.60. The van der Waals surface area contributed by atoms with E-state index in [1.165, 1.54) is 6.20 Å². The molecule has 0 bridgehead atoms. The highest BCUT2D eigenvalue weighted by atomic mass is 16.5. The third-order valence-electron chi connectivity index (χ3n) is 5.14. The lowest BCUT2D eigenvalue weighted by atomic mass is 9.91. The van der Waals surface area contributed by atoms with Crippen molar-refractivity contribution in [3.05, 3.63) is 71.9 Å². The van der Waals surface area contributed by atoms with Gasteiger partial charge in [0.15, 0.2) is 5.82 Å². The molecule has 9 heteroatoms. The molecule has 154 valence electrons. The Hall–Kier alpha value is -3.62. The summed E-state index contributed by atoms with van der Waals surface area (Å²) < 4.78 is 5.39. The highest BCUT2D eigenvalue weighted by molar-refractivity contribution is 5.94. The molecule has 3 aromatic heterocycles. The van der Waals surface area contributed by atoms with Gasteiger partial charge in [-0.1, -0.05) is 11.2 Å². The predicted octanol–water partition coefficient (Wildman–Crippen LogP) is 1.53. The van der Waals surface area contributed by atoms with E-state index in [9.17, 15) is 9.59 Å².